The molecule has 348 valence electrons. The van der Waals surface area contributed by atoms with Crippen LogP contribution >= 0.6 is 0 Å². The molecule has 0 bridgehead atoms. The van der Waals surface area contributed by atoms with Crippen LogP contribution in [-0.4, -0.2) is 23.3 Å². The van der Waals surface area contributed by atoms with Crippen LogP contribution < -0.4 is 25.2 Å². The number of benzene rings is 7. The molecular formula is C62H56N4O4. The average Bonchev–Trinajstić information content (AvgIpc) is 3.33. The van der Waals surface area contributed by atoms with Crippen LogP contribution in [0.15, 0.2) is 181 Å². The minimum Gasteiger partial charge on any atom is -0.874 e. The molecule has 9 rings (SSSR count). The summed E-state index contributed by atoms with van der Waals surface area (Å²) in [6.07, 6.45) is 5.63. The van der Waals surface area contributed by atoms with E-state index in [1.54, 1.807) is 30.3 Å². The van der Waals surface area contributed by atoms with Gasteiger partial charge in [0.25, 0.3) is 11.8 Å². The summed E-state index contributed by atoms with van der Waals surface area (Å²) < 4.78 is 2.09. The number of nitrogens with one attached hydrogen (secondary N) is 2. The van der Waals surface area contributed by atoms with Gasteiger partial charge in [0.15, 0.2) is 5.78 Å². The number of anilines is 4. The molecular weight excluding hydrogens is 865 g/mol. The van der Waals surface area contributed by atoms with Gasteiger partial charge in [-0.25, -0.2) is 0 Å². The van der Waals surface area contributed by atoms with E-state index in [1.165, 1.54) is 0 Å². The lowest BCUT2D eigenvalue weighted by Gasteiger charge is -2.42. The van der Waals surface area contributed by atoms with Gasteiger partial charge in [0.05, 0.1) is 5.69 Å². The minimum absolute atomic E-state index is 0.00587. The van der Waals surface area contributed by atoms with Crippen LogP contribution in [0, 0.1) is 67.2 Å². The Bertz CT molecular complexity index is 3240. The molecule has 8 heteroatoms. The summed E-state index contributed by atoms with van der Waals surface area (Å²) >= 11 is 0. The number of aryl methyl sites for hydroxylation is 8. The second kappa shape index (κ2) is 19.3. The van der Waals surface area contributed by atoms with Gasteiger partial charge in [-0.3, -0.25) is 14.4 Å². The van der Waals surface area contributed by atoms with Crippen LogP contribution in [0.1, 0.15) is 70.8 Å². The van der Waals surface area contributed by atoms with Gasteiger partial charge in [-0.2, -0.15) is 4.58 Å². The quantitative estimate of drug-likeness (QED) is 0.126. The lowest BCUT2D eigenvalue weighted by molar-refractivity contribution is -0.316. The summed E-state index contributed by atoms with van der Waals surface area (Å²) in [5, 5.41) is 21.2. The average molecular weight is 921 g/mol. The highest BCUT2D eigenvalue weighted by Gasteiger charge is 2.43. The molecule has 2 amide bonds. The summed E-state index contributed by atoms with van der Waals surface area (Å²) in [6, 6.07) is 49.0. The first kappa shape index (κ1) is 46.7. The largest absolute Gasteiger partial charge is 0.874 e. The molecule has 0 aliphatic heterocycles. The molecule has 2 aliphatic rings. The molecule has 0 spiro atoms. The van der Waals surface area contributed by atoms with E-state index < -0.39 is 11.8 Å². The van der Waals surface area contributed by atoms with Gasteiger partial charge in [0.1, 0.15) is 0 Å². The molecule has 8 nitrogen and oxygen atoms in total. The third-order valence-electron chi connectivity index (χ3n) is 13.2. The van der Waals surface area contributed by atoms with E-state index in [0.29, 0.717) is 28.1 Å². The number of allylic oxidation sites excluding steroid dienone is 5. The van der Waals surface area contributed by atoms with Crippen LogP contribution in [0.4, 0.5) is 34.1 Å². The maximum Gasteiger partial charge on any atom is 0.255 e. The monoisotopic (exact) mass is 920 g/mol. The molecule has 7 aromatic carbocycles. The zero-order chi connectivity index (χ0) is 49.4. The second-order valence-corrected chi connectivity index (χ2v) is 18.8. The molecule has 2 atom stereocenters. The number of rotatable bonds is 11. The van der Waals surface area contributed by atoms with E-state index in [4.69, 9.17) is 0 Å². The zero-order valence-electron chi connectivity index (χ0n) is 40.8. The van der Waals surface area contributed by atoms with Gasteiger partial charge >= 0.3 is 0 Å². The number of hydrogen-bond acceptors (Lipinski definition) is 5. The second-order valence-electron chi connectivity index (χ2n) is 18.8. The fourth-order valence-corrected chi connectivity index (χ4v) is 9.38. The van der Waals surface area contributed by atoms with Crippen molar-refractivity contribution in [2.45, 2.75) is 55.4 Å². The molecule has 0 heterocycles. The highest BCUT2D eigenvalue weighted by Crippen LogP contribution is 2.47. The van der Waals surface area contributed by atoms with E-state index in [1.807, 2.05) is 131 Å². The van der Waals surface area contributed by atoms with Gasteiger partial charge in [0, 0.05) is 93.3 Å². The number of ketones is 1. The number of carbonyl (C=O) groups is 3. The SMILES string of the molecule is Cc1ccc(C(=O)NC2=CC(=[N+](c3ccc(C)cc3)c3ccc(C)cc3)C=CC2C2C(=O)C(c3ccc(N(c4ccc(C)cc4C)c4ccc(C)cc4C)cc3NC(=O)c3ccc(C)cc3)=C2[O-])cc1. The lowest BCUT2D eigenvalue weighted by Crippen LogP contribution is -2.45. The first-order chi connectivity index (χ1) is 33.6. The number of amides is 2. The van der Waals surface area contributed by atoms with Crippen molar-refractivity contribution in [3.8, 4) is 0 Å². The number of carbonyl (C=O) groups excluding carboxylic acids is 3. The Labute approximate surface area is 410 Å². The number of hydrogen-bond donors (Lipinski definition) is 2. The van der Waals surface area contributed by atoms with Gasteiger partial charge in [-0.05, 0) is 115 Å². The van der Waals surface area contributed by atoms with Crippen molar-refractivity contribution < 1.29 is 19.5 Å². The smallest absolute Gasteiger partial charge is 0.255 e. The zero-order valence-corrected chi connectivity index (χ0v) is 40.8. The Morgan fingerprint density at radius 1 is 0.543 bits per heavy atom. The minimum atomic E-state index is -1.13. The Balaban J connectivity index is 1.17. The van der Waals surface area contributed by atoms with Crippen LogP contribution in [0.25, 0.3) is 5.57 Å². The molecule has 2 aliphatic carbocycles. The van der Waals surface area contributed by atoms with Crippen molar-refractivity contribution in [1.29, 1.82) is 0 Å². The Kier molecular flexibility index (Phi) is 12.9. The first-order valence-electron chi connectivity index (χ1n) is 23.6. The summed E-state index contributed by atoms with van der Waals surface area (Å²) in [5.41, 5.74) is 15.7. The first-order valence-corrected chi connectivity index (χ1v) is 23.6. The fourth-order valence-electron chi connectivity index (χ4n) is 9.38. The maximum absolute atomic E-state index is 14.9. The van der Waals surface area contributed by atoms with Crippen LogP contribution in [0.3, 0.4) is 0 Å². The predicted octanol–water partition coefficient (Wildman–Crippen LogP) is 12.6. The van der Waals surface area contributed by atoms with Crippen molar-refractivity contribution in [1.82, 2.24) is 9.89 Å². The highest BCUT2D eigenvalue weighted by atomic mass is 16.3. The van der Waals surface area contributed by atoms with Crippen LogP contribution in [0.2, 0.25) is 0 Å². The maximum atomic E-state index is 14.9. The van der Waals surface area contributed by atoms with Crippen molar-refractivity contribution in [3.05, 3.63) is 243 Å². The molecule has 70 heavy (non-hydrogen) atoms. The summed E-state index contributed by atoms with van der Waals surface area (Å²) in [6.45, 7) is 16.3. The van der Waals surface area contributed by atoms with Gasteiger partial charge in [-0.1, -0.05) is 118 Å². The fraction of sp³-hybridized carbons (Fsp3) is 0.161. The van der Waals surface area contributed by atoms with Crippen LogP contribution in [-0.2, 0) is 4.79 Å². The van der Waals surface area contributed by atoms with Gasteiger partial charge in [0.2, 0.25) is 17.1 Å². The predicted molar refractivity (Wildman–Crippen MR) is 283 cm³/mol. The molecule has 0 saturated carbocycles. The van der Waals surface area contributed by atoms with E-state index in [2.05, 4.69) is 84.2 Å². The van der Waals surface area contributed by atoms with E-state index in [-0.39, 0.29) is 28.9 Å². The summed E-state index contributed by atoms with van der Waals surface area (Å²) in [4.78, 5) is 45.3. The van der Waals surface area contributed by atoms with Crippen LogP contribution in [0.5, 0.6) is 0 Å². The van der Waals surface area contributed by atoms with E-state index in [0.717, 1.165) is 78.7 Å². The summed E-state index contributed by atoms with van der Waals surface area (Å²) in [7, 11) is 0. The third-order valence-corrected chi connectivity index (χ3v) is 13.2. The van der Waals surface area contributed by atoms with Gasteiger partial charge < -0.3 is 20.6 Å². The molecule has 2 unspecified atom stereocenters. The number of Topliss-reactive ketones (excluding diaryl/α,β-unsaturated/α-hetero) is 1. The number of nitrogens with zero attached hydrogens (tertiary/aromatic N) is 2. The molecule has 0 aromatic heterocycles. The van der Waals surface area contributed by atoms with E-state index >= 15 is 0 Å². The Morgan fingerprint density at radius 2 is 1.00 bits per heavy atom. The highest BCUT2D eigenvalue weighted by molar-refractivity contribution is 6.31. The standard InChI is InChI=1S/C62H56N4O4/c1-37-9-19-45(20-10-37)61(69)63-53-35-49(65(47-23-13-39(3)14-24-47)48-25-15-40(4)16-26-48)27-29-51(53)57-59(67)58(60(57)68)52-30-28-50(36-54(52)64-62(70)46-21-11-38(2)12-22-46)66(55-31-17-41(5)33-43(55)7)56-32-18-42(6)34-44(56)8/h9-36,51,57H,1-8H3,(H2,64,67,68,70). The van der Waals surface area contributed by atoms with Crippen molar-refractivity contribution in [2.24, 2.45) is 11.8 Å². The molecule has 0 fully saturated rings. The third kappa shape index (κ3) is 9.41. The van der Waals surface area contributed by atoms with Crippen molar-refractivity contribution in [2.75, 3.05) is 10.2 Å². The van der Waals surface area contributed by atoms with Gasteiger partial charge in [-0.15, -0.1) is 5.76 Å². The summed E-state index contributed by atoms with van der Waals surface area (Å²) in [5.74, 6) is -3.44. The van der Waals surface area contributed by atoms with Crippen molar-refractivity contribution in [3.63, 3.8) is 0 Å². The normalized spacial score (nSPS) is 15.3. The molecule has 0 saturated heterocycles. The van der Waals surface area contributed by atoms with E-state index in [9.17, 15) is 19.5 Å². The molecule has 2 N–H and O–H groups in total. The van der Waals surface area contributed by atoms with Crippen molar-refractivity contribution >= 4 is 63.0 Å². The Morgan fingerprint density at radius 3 is 1.47 bits per heavy atom. The topological polar surface area (TPSA) is 105 Å². The Hall–Kier alpha value is -8.36. The molecule has 0 radical (unpaired) electrons. The lowest BCUT2D eigenvalue weighted by atomic mass is 9.69. The molecule has 7 aromatic rings.